The summed E-state index contributed by atoms with van der Waals surface area (Å²) in [6, 6.07) is 8.81. The zero-order valence-corrected chi connectivity index (χ0v) is 13.1. The lowest BCUT2D eigenvalue weighted by molar-refractivity contribution is 0.503. The van der Waals surface area contributed by atoms with Gasteiger partial charge in [-0.3, -0.25) is 0 Å². The summed E-state index contributed by atoms with van der Waals surface area (Å²) in [5.74, 6) is -1.99. The first-order chi connectivity index (χ1) is 9.99. The highest BCUT2D eigenvalue weighted by Gasteiger charge is 2.11. The molecule has 0 spiro atoms. The van der Waals surface area contributed by atoms with Gasteiger partial charge >= 0.3 is 0 Å². The topological polar surface area (TPSA) is 12.0 Å². The van der Waals surface area contributed by atoms with Crippen LogP contribution in [0.3, 0.4) is 0 Å². The van der Waals surface area contributed by atoms with Gasteiger partial charge in [0.25, 0.3) is 0 Å². The molecule has 2 rings (SSSR count). The second-order valence-electron chi connectivity index (χ2n) is 4.89. The highest BCUT2D eigenvalue weighted by Crippen LogP contribution is 2.19. The Morgan fingerprint density at radius 3 is 2.00 bits per heavy atom. The van der Waals surface area contributed by atoms with E-state index in [9.17, 15) is 13.2 Å². The van der Waals surface area contributed by atoms with E-state index in [-0.39, 0.29) is 11.9 Å². The standard InChI is InChI=1S/C16H15BrF3N/c1-21-12(6-10-2-4-14(18)13(17)8-10)7-11-3-5-15(19)16(20)9-11/h2-5,8-9,12,21H,6-7H2,1H3. The summed E-state index contributed by atoms with van der Waals surface area (Å²) in [5.41, 5.74) is 1.68. The average molecular weight is 358 g/mol. The molecular formula is C16H15BrF3N. The van der Waals surface area contributed by atoms with Crippen molar-refractivity contribution in [3.8, 4) is 0 Å². The van der Waals surface area contributed by atoms with Crippen molar-refractivity contribution in [3.05, 3.63) is 69.4 Å². The number of halogens is 4. The molecule has 0 radical (unpaired) electrons. The molecule has 1 nitrogen and oxygen atoms in total. The summed E-state index contributed by atoms with van der Waals surface area (Å²) < 4.78 is 39.8. The molecular weight excluding hydrogens is 343 g/mol. The summed E-state index contributed by atoms with van der Waals surface area (Å²) in [4.78, 5) is 0. The van der Waals surface area contributed by atoms with Crippen LogP contribution in [-0.2, 0) is 12.8 Å². The maximum atomic E-state index is 13.2. The monoisotopic (exact) mass is 357 g/mol. The minimum Gasteiger partial charge on any atom is -0.316 e. The number of likely N-dealkylation sites (N-methyl/N-ethyl adjacent to an activating group) is 1. The fourth-order valence-corrected chi connectivity index (χ4v) is 2.60. The second-order valence-corrected chi connectivity index (χ2v) is 5.75. The van der Waals surface area contributed by atoms with E-state index in [1.165, 1.54) is 12.1 Å². The molecule has 0 fully saturated rings. The van der Waals surface area contributed by atoms with Crippen LogP contribution in [-0.4, -0.2) is 13.1 Å². The normalized spacial score (nSPS) is 12.4. The lowest BCUT2D eigenvalue weighted by Gasteiger charge is -2.17. The minimum atomic E-state index is -0.845. The smallest absolute Gasteiger partial charge is 0.159 e. The first kappa shape index (κ1) is 16.0. The van der Waals surface area contributed by atoms with Crippen LogP contribution >= 0.6 is 15.9 Å². The molecule has 0 aromatic heterocycles. The van der Waals surface area contributed by atoms with Gasteiger partial charge in [0.1, 0.15) is 5.82 Å². The van der Waals surface area contributed by atoms with Crippen molar-refractivity contribution in [1.82, 2.24) is 5.32 Å². The van der Waals surface area contributed by atoms with E-state index in [1.807, 2.05) is 7.05 Å². The number of benzene rings is 2. The Morgan fingerprint density at radius 2 is 1.48 bits per heavy atom. The molecule has 0 bridgehead atoms. The second kappa shape index (κ2) is 7.09. The largest absolute Gasteiger partial charge is 0.316 e. The Kier molecular flexibility index (Phi) is 5.42. The van der Waals surface area contributed by atoms with E-state index in [4.69, 9.17) is 0 Å². The van der Waals surface area contributed by atoms with E-state index >= 15 is 0 Å². The van der Waals surface area contributed by atoms with Crippen LogP contribution in [0.25, 0.3) is 0 Å². The summed E-state index contributed by atoms with van der Waals surface area (Å²) in [5, 5.41) is 3.14. The van der Waals surface area contributed by atoms with Crippen molar-refractivity contribution in [2.45, 2.75) is 18.9 Å². The lowest BCUT2D eigenvalue weighted by atomic mass is 9.99. The van der Waals surface area contributed by atoms with Gasteiger partial charge in [0.05, 0.1) is 4.47 Å². The van der Waals surface area contributed by atoms with Crippen LogP contribution in [0.5, 0.6) is 0 Å². The Morgan fingerprint density at radius 1 is 0.905 bits per heavy atom. The predicted molar refractivity (Wildman–Crippen MR) is 80.7 cm³/mol. The fraction of sp³-hybridized carbons (Fsp3) is 0.250. The SMILES string of the molecule is CNC(Cc1ccc(F)c(F)c1)Cc1ccc(F)c(Br)c1. The zero-order valence-electron chi connectivity index (χ0n) is 11.5. The third-order valence-electron chi connectivity index (χ3n) is 3.34. The molecule has 0 aliphatic heterocycles. The van der Waals surface area contributed by atoms with E-state index in [2.05, 4.69) is 21.2 Å². The molecule has 0 aliphatic carbocycles. The quantitative estimate of drug-likeness (QED) is 0.843. The third kappa shape index (κ3) is 4.32. The number of hydrogen-bond acceptors (Lipinski definition) is 1. The fourth-order valence-electron chi connectivity index (χ4n) is 2.18. The third-order valence-corrected chi connectivity index (χ3v) is 3.95. The Balaban J connectivity index is 2.08. The van der Waals surface area contributed by atoms with Gasteiger partial charge in [-0.25, -0.2) is 13.2 Å². The molecule has 2 aromatic carbocycles. The van der Waals surface area contributed by atoms with Crippen LogP contribution < -0.4 is 5.32 Å². The molecule has 0 saturated carbocycles. The lowest BCUT2D eigenvalue weighted by Crippen LogP contribution is -2.30. The van der Waals surface area contributed by atoms with E-state index in [0.29, 0.717) is 17.3 Å². The van der Waals surface area contributed by atoms with E-state index in [0.717, 1.165) is 17.2 Å². The number of hydrogen-bond donors (Lipinski definition) is 1. The van der Waals surface area contributed by atoms with Gasteiger partial charge in [-0.15, -0.1) is 0 Å². The highest BCUT2D eigenvalue weighted by atomic mass is 79.9. The Labute approximate surface area is 130 Å². The molecule has 0 aliphatic rings. The van der Waals surface area contributed by atoms with Crippen LogP contribution in [0.15, 0.2) is 40.9 Å². The van der Waals surface area contributed by atoms with Gasteiger partial charge in [0.15, 0.2) is 11.6 Å². The molecule has 2 aromatic rings. The molecule has 0 heterocycles. The maximum Gasteiger partial charge on any atom is 0.159 e. The van der Waals surface area contributed by atoms with Crippen LogP contribution in [0.2, 0.25) is 0 Å². The molecule has 1 unspecified atom stereocenters. The summed E-state index contributed by atoms with van der Waals surface area (Å²) in [6.07, 6.45) is 1.22. The molecule has 21 heavy (non-hydrogen) atoms. The maximum absolute atomic E-state index is 13.2. The van der Waals surface area contributed by atoms with Crippen LogP contribution in [0, 0.1) is 17.5 Å². The van der Waals surface area contributed by atoms with Crippen molar-refractivity contribution in [1.29, 1.82) is 0 Å². The van der Waals surface area contributed by atoms with Crippen molar-refractivity contribution in [2.75, 3.05) is 7.05 Å². The van der Waals surface area contributed by atoms with Gasteiger partial charge in [0, 0.05) is 6.04 Å². The Bertz CT molecular complexity index is 577. The van der Waals surface area contributed by atoms with Crippen molar-refractivity contribution in [2.24, 2.45) is 0 Å². The van der Waals surface area contributed by atoms with Gasteiger partial charge in [-0.1, -0.05) is 12.1 Å². The van der Waals surface area contributed by atoms with Gasteiger partial charge in [-0.05, 0) is 71.2 Å². The summed E-state index contributed by atoms with van der Waals surface area (Å²) in [6.45, 7) is 0. The van der Waals surface area contributed by atoms with Gasteiger partial charge in [-0.2, -0.15) is 0 Å². The number of nitrogens with one attached hydrogen (secondary N) is 1. The molecule has 5 heteroatoms. The molecule has 112 valence electrons. The zero-order chi connectivity index (χ0) is 15.4. The first-order valence-corrected chi connectivity index (χ1v) is 7.34. The van der Waals surface area contributed by atoms with Crippen molar-refractivity contribution >= 4 is 15.9 Å². The summed E-state index contributed by atoms with van der Waals surface area (Å²) in [7, 11) is 1.81. The molecule has 0 amide bonds. The Hall–Kier alpha value is -1.33. The predicted octanol–water partition coefficient (Wildman–Crippen LogP) is 4.24. The molecule has 1 N–H and O–H groups in total. The highest BCUT2D eigenvalue weighted by molar-refractivity contribution is 9.10. The van der Waals surface area contributed by atoms with E-state index < -0.39 is 11.6 Å². The van der Waals surface area contributed by atoms with Gasteiger partial charge in [0.2, 0.25) is 0 Å². The van der Waals surface area contributed by atoms with Crippen LogP contribution in [0.4, 0.5) is 13.2 Å². The van der Waals surface area contributed by atoms with Crippen molar-refractivity contribution < 1.29 is 13.2 Å². The number of rotatable bonds is 5. The summed E-state index contributed by atoms with van der Waals surface area (Å²) >= 11 is 3.16. The first-order valence-electron chi connectivity index (χ1n) is 6.54. The minimum absolute atomic E-state index is 0.0484. The van der Waals surface area contributed by atoms with Crippen molar-refractivity contribution in [3.63, 3.8) is 0 Å². The average Bonchev–Trinajstić information content (AvgIpc) is 2.46. The van der Waals surface area contributed by atoms with Crippen LogP contribution in [0.1, 0.15) is 11.1 Å². The van der Waals surface area contributed by atoms with Gasteiger partial charge < -0.3 is 5.32 Å². The molecule has 1 atom stereocenters. The molecule has 0 saturated heterocycles. The van der Waals surface area contributed by atoms with E-state index in [1.54, 1.807) is 18.2 Å².